The van der Waals surface area contributed by atoms with Gasteiger partial charge < -0.3 is 24.1 Å². The third-order valence-corrected chi connectivity index (χ3v) is 5.65. The number of benzene rings is 1. The average molecular weight is 415 g/mol. The van der Waals surface area contributed by atoms with Gasteiger partial charge in [0.25, 0.3) is 5.91 Å². The number of methoxy groups -OCH3 is 1. The van der Waals surface area contributed by atoms with Crippen molar-refractivity contribution in [3.05, 3.63) is 53.5 Å². The molecule has 0 saturated carbocycles. The lowest BCUT2D eigenvalue weighted by Crippen LogP contribution is -2.39. The second-order valence-electron chi connectivity index (χ2n) is 8.07. The predicted molar refractivity (Wildman–Crippen MR) is 117 cm³/mol. The maximum absolute atomic E-state index is 12.2. The van der Waals surface area contributed by atoms with Gasteiger partial charge in [0.2, 0.25) is 0 Å². The normalized spacial score (nSPS) is 16.4. The van der Waals surface area contributed by atoms with Gasteiger partial charge in [0.05, 0.1) is 6.61 Å². The first-order valence-electron chi connectivity index (χ1n) is 10.9. The van der Waals surface area contributed by atoms with Crippen LogP contribution in [0.3, 0.4) is 0 Å². The number of ether oxygens (including phenoxy) is 2. The van der Waals surface area contributed by atoms with Gasteiger partial charge >= 0.3 is 0 Å². The Labute approximate surface area is 179 Å². The van der Waals surface area contributed by atoms with Gasteiger partial charge in [-0.3, -0.25) is 4.79 Å². The van der Waals surface area contributed by atoms with Crippen molar-refractivity contribution in [3.8, 4) is 5.75 Å². The molecule has 1 amide bonds. The summed E-state index contributed by atoms with van der Waals surface area (Å²) in [5, 5.41) is 2.84. The monoisotopic (exact) mass is 414 g/mol. The summed E-state index contributed by atoms with van der Waals surface area (Å²) >= 11 is 0. The number of rotatable bonds is 10. The van der Waals surface area contributed by atoms with Crippen molar-refractivity contribution in [2.45, 2.75) is 45.1 Å². The number of nitrogens with zero attached hydrogens (tertiary/aromatic N) is 1. The van der Waals surface area contributed by atoms with E-state index < -0.39 is 0 Å². The van der Waals surface area contributed by atoms with Crippen LogP contribution in [-0.2, 0) is 4.74 Å². The maximum atomic E-state index is 12.2. The Kier molecular flexibility index (Phi) is 8.34. The van der Waals surface area contributed by atoms with Crippen molar-refractivity contribution < 1.29 is 18.7 Å². The quantitative estimate of drug-likeness (QED) is 0.596. The van der Waals surface area contributed by atoms with E-state index in [2.05, 4.69) is 23.2 Å². The molecular weight excluding hydrogens is 380 g/mol. The topological polar surface area (TPSA) is 63.9 Å². The zero-order chi connectivity index (χ0) is 21.3. The van der Waals surface area contributed by atoms with Gasteiger partial charge in [0, 0.05) is 38.2 Å². The van der Waals surface area contributed by atoms with E-state index in [9.17, 15) is 4.79 Å². The Hall–Kier alpha value is -2.31. The summed E-state index contributed by atoms with van der Waals surface area (Å²) in [6, 6.07) is 11.5. The average Bonchev–Trinajstić information content (AvgIpc) is 3.20. The van der Waals surface area contributed by atoms with E-state index in [0.29, 0.717) is 24.6 Å². The second kappa shape index (κ2) is 11.2. The molecule has 1 aromatic heterocycles. The Morgan fingerprint density at radius 1 is 1.27 bits per heavy atom. The van der Waals surface area contributed by atoms with Crippen LogP contribution in [0.5, 0.6) is 5.75 Å². The Bertz CT molecular complexity index is 796. The van der Waals surface area contributed by atoms with E-state index in [4.69, 9.17) is 13.9 Å². The SMILES string of the molecule is COCCNC(=O)c1cccc(OC2CCN(CCC(C)c3ccc(C)o3)CC2)c1. The molecule has 6 nitrogen and oxygen atoms in total. The molecule has 30 heavy (non-hydrogen) atoms. The number of hydrogen-bond donors (Lipinski definition) is 1. The summed E-state index contributed by atoms with van der Waals surface area (Å²) in [6.07, 6.45) is 3.29. The van der Waals surface area contributed by atoms with Gasteiger partial charge in [0.1, 0.15) is 23.4 Å². The van der Waals surface area contributed by atoms with Gasteiger partial charge in [-0.15, -0.1) is 0 Å². The van der Waals surface area contributed by atoms with Gasteiger partial charge in [0.15, 0.2) is 0 Å². The van der Waals surface area contributed by atoms with Gasteiger partial charge in [-0.05, 0) is 63.1 Å². The molecule has 3 rings (SSSR count). The first-order valence-corrected chi connectivity index (χ1v) is 10.9. The first-order chi connectivity index (χ1) is 14.5. The van der Waals surface area contributed by atoms with Crippen LogP contribution in [0, 0.1) is 6.92 Å². The lowest BCUT2D eigenvalue weighted by molar-refractivity contribution is 0.0927. The largest absolute Gasteiger partial charge is 0.490 e. The molecule has 1 aliphatic rings. The smallest absolute Gasteiger partial charge is 0.251 e. The highest BCUT2D eigenvalue weighted by atomic mass is 16.5. The Morgan fingerprint density at radius 2 is 2.07 bits per heavy atom. The van der Waals surface area contributed by atoms with Gasteiger partial charge in [-0.2, -0.15) is 0 Å². The molecule has 6 heteroatoms. The minimum atomic E-state index is -0.104. The molecular formula is C24H34N2O4. The molecule has 164 valence electrons. The van der Waals surface area contributed by atoms with Crippen molar-refractivity contribution in [2.75, 3.05) is 39.9 Å². The summed E-state index contributed by atoms with van der Waals surface area (Å²) < 4.78 is 16.9. The molecule has 1 atom stereocenters. The van der Waals surface area contributed by atoms with E-state index in [0.717, 1.165) is 56.2 Å². The second-order valence-corrected chi connectivity index (χ2v) is 8.07. The molecule has 1 aliphatic heterocycles. The van der Waals surface area contributed by atoms with E-state index in [1.807, 2.05) is 31.2 Å². The van der Waals surface area contributed by atoms with Crippen LogP contribution in [0.15, 0.2) is 40.8 Å². The molecule has 2 aromatic rings. The summed E-state index contributed by atoms with van der Waals surface area (Å²) in [6.45, 7) is 8.36. The molecule has 2 heterocycles. The van der Waals surface area contributed by atoms with E-state index in [1.54, 1.807) is 13.2 Å². The fourth-order valence-electron chi connectivity index (χ4n) is 3.76. The predicted octanol–water partition coefficient (Wildman–Crippen LogP) is 4.00. The summed E-state index contributed by atoms with van der Waals surface area (Å²) in [5.74, 6) is 3.15. The standard InChI is InChI=1S/C24H34N2O4/c1-18(23-8-7-19(2)29-23)9-13-26-14-10-21(11-15-26)30-22-6-4-5-20(17-22)24(27)25-12-16-28-3/h4-8,17-18,21H,9-16H2,1-3H3,(H,25,27). The maximum Gasteiger partial charge on any atom is 0.251 e. The van der Waals surface area contributed by atoms with Crippen molar-refractivity contribution in [1.29, 1.82) is 0 Å². The molecule has 0 bridgehead atoms. The molecule has 1 N–H and O–H groups in total. The highest BCUT2D eigenvalue weighted by molar-refractivity contribution is 5.94. The van der Waals surface area contributed by atoms with Crippen molar-refractivity contribution in [2.24, 2.45) is 0 Å². The van der Waals surface area contributed by atoms with E-state index >= 15 is 0 Å². The number of nitrogens with one attached hydrogen (secondary N) is 1. The van der Waals surface area contributed by atoms with Crippen LogP contribution in [0.2, 0.25) is 0 Å². The number of likely N-dealkylation sites (tertiary alicyclic amines) is 1. The van der Waals surface area contributed by atoms with Crippen LogP contribution in [-0.4, -0.2) is 56.8 Å². The van der Waals surface area contributed by atoms with Crippen molar-refractivity contribution in [1.82, 2.24) is 10.2 Å². The van der Waals surface area contributed by atoms with Crippen LogP contribution in [0.25, 0.3) is 0 Å². The van der Waals surface area contributed by atoms with Crippen LogP contribution < -0.4 is 10.1 Å². The number of hydrogen-bond acceptors (Lipinski definition) is 5. The van der Waals surface area contributed by atoms with E-state index in [1.165, 1.54) is 0 Å². The van der Waals surface area contributed by atoms with Crippen LogP contribution in [0.1, 0.15) is 54.0 Å². The summed E-state index contributed by atoms with van der Waals surface area (Å²) in [5.41, 5.74) is 0.614. The lowest BCUT2D eigenvalue weighted by atomic mass is 10.0. The fraction of sp³-hybridized carbons (Fsp3) is 0.542. The van der Waals surface area contributed by atoms with Crippen LogP contribution >= 0.6 is 0 Å². The molecule has 1 fully saturated rings. The van der Waals surface area contributed by atoms with Gasteiger partial charge in [-0.25, -0.2) is 0 Å². The third kappa shape index (κ3) is 6.61. The molecule has 1 unspecified atom stereocenters. The highest BCUT2D eigenvalue weighted by Crippen LogP contribution is 2.24. The van der Waals surface area contributed by atoms with E-state index in [-0.39, 0.29) is 12.0 Å². The number of carbonyl (C=O) groups is 1. The van der Waals surface area contributed by atoms with Crippen molar-refractivity contribution in [3.63, 3.8) is 0 Å². The number of carbonyl (C=O) groups excluding carboxylic acids is 1. The number of furan rings is 1. The third-order valence-electron chi connectivity index (χ3n) is 5.65. The molecule has 1 saturated heterocycles. The minimum absolute atomic E-state index is 0.104. The molecule has 0 radical (unpaired) electrons. The zero-order valence-corrected chi connectivity index (χ0v) is 18.4. The van der Waals surface area contributed by atoms with Crippen molar-refractivity contribution >= 4 is 5.91 Å². The summed E-state index contributed by atoms with van der Waals surface area (Å²) in [7, 11) is 1.62. The zero-order valence-electron chi connectivity index (χ0n) is 18.4. The molecule has 0 aliphatic carbocycles. The Morgan fingerprint density at radius 3 is 2.77 bits per heavy atom. The van der Waals surface area contributed by atoms with Crippen LogP contribution in [0.4, 0.5) is 0 Å². The fourth-order valence-corrected chi connectivity index (χ4v) is 3.76. The Balaban J connectivity index is 1.41. The lowest BCUT2D eigenvalue weighted by Gasteiger charge is -2.32. The van der Waals surface area contributed by atoms with Gasteiger partial charge in [-0.1, -0.05) is 13.0 Å². The minimum Gasteiger partial charge on any atom is -0.490 e. The molecule has 0 spiro atoms. The number of piperidine rings is 1. The first kappa shape index (κ1) is 22.4. The number of amides is 1. The number of aryl methyl sites for hydroxylation is 1. The molecule has 1 aromatic carbocycles. The highest BCUT2D eigenvalue weighted by Gasteiger charge is 2.21. The summed E-state index contributed by atoms with van der Waals surface area (Å²) in [4.78, 5) is 14.7.